The van der Waals surface area contributed by atoms with E-state index in [2.05, 4.69) is 11.1 Å². The largest absolute Gasteiger partial charge is 0.422 e. The highest BCUT2D eigenvalue weighted by atomic mass is 32.2. The van der Waals surface area contributed by atoms with Crippen LogP contribution in [-0.4, -0.2) is 4.98 Å². The number of nitrogens with zero attached hydrogens (tertiary/aromatic N) is 2. The summed E-state index contributed by atoms with van der Waals surface area (Å²) in [5.41, 5.74) is 5.62. The van der Waals surface area contributed by atoms with E-state index in [0.717, 1.165) is 33.3 Å². The summed E-state index contributed by atoms with van der Waals surface area (Å²) in [4.78, 5) is 16.5. The first kappa shape index (κ1) is 17.2. The summed E-state index contributed by atoms with van der Waals surface area (Å²) in [5.74, 6) is 0.551. The van der Waals surface area contributed by atoms with Crippen LogP contribution in [-0.2, 0) is 5.75 Å². The number of fused-ring (bicyclic) bond motifs is 1. The Labute approximate surface area is 150 Å². The zero-order valence-corrected chi connectivity index (χ0v) is 15.5. The van der Waals surface area contributed by atoms with Crippen molar-refractivity contribution in [1.29, 1.82) is 5.26 Å². The normalized spacial score (nSPS) is 10.8. The smallest absolute Gasteiger partial charge is 0.336 e. The average molecular weight is 350 g/mol. The molecule has 0 saturated carbocycles. The number of aromatic nitrogens is 1. The van der Waals surface area contributed by atoms with Crippen LogP contribution in [0.5, 0.6) is 0 Å². The summed E-state index contributed by atoms with van der Waals surface area (Å²) in [5, 5.41) is 11.0. The monoisotopic (exact) mass is 350 g/mol. The number of hydrogen-bond acceptors (Lipinski definition) is 5. The van der Waals surface area contributed by atoms with Crippen molar-refractivity contribution < 1.29 is 4.42 Å². The zero-order chi connectivity index (χ0) is 18.1. The molecule has 3 aromatic rings. The number of hydrogen-bond donors (Lipinski definition) is 0. The van der Waals surface area contributed by atoms with Gasteiger partial charge < -0.3 is 4.42 Å². The first-order valence-corrected chi connectivity index (χ1v) is 8.93. The van der Waals surface area contributed by atoms with Crippen molar-refractivity contribution in [2.75, 3.05) is 0 Å². The quantitative estimate of drug-likeness (QED) is 0.511. The highest BCUT2D eigenvalue weighted by Gasteiger charge is 2.13. The van der Waals surface area contributed by atoms with Gasteiger partial charge in [-0.25, -0.2) is 9.78 Å². The maximum Gasteiger partial charge on any atom is 0.336 e. The number of nitriles is 1. The molecule has 0 aliphatic carbocycles. The lowest BCUT2D eigenvalue weighted by Crippen LogP contribution is -2.02. The summed E-state index contributed by atoms with van der Waals surface area (Å²) in [6.45, 7) is 7.78. The number of benzene rings is 1. The molecule has 25 heavy (non-hydrogen) atoms. The van der Waals surface area contributed by atoms with E-state index in [-0.39, 0.29) is 5.63 Å². The van der Waals surface area contributed by atoms with Crippen molar-refractivity contribution in [2.24, 2.45) is 0 Å². The van der Waals surface area contributed by atoms with Crippen molar-refractivity contribution in [1.82, 2.24) is 4.98 Å². The molecule has 5 heteroatoms. The average Bonchev–Trinajstić information content (AvgIpc) is 2.56. The Morgan fingerprint density at radius 3 is 2.64 bits per heavy atom. The molecule has 0 atom stereocenters. The van der Waals surface area contributed by atoms with Gasteiger partial charge in [-0.2, -0.15) is 5.26 Å². The number of thioether (sulfide) groups is 1. The van der Waals surface area contributed by atoms with Gasteiger partial charge in [-0.05, 0) is 56.0 Å². The van der Waals surface area contributed by atoms with Crippen LogP contribution in [0.4, 0.5) is 0 Å². The molecule has 0 unspecified atom stereocenters. The Morgan fingerprint density at radius 2 is 1.92 bits per heavy atom. The van der Waals surface area contributed by atoms with E-state index in [1.54, 1.807) is 0 Å². The van der Waals surface area contributed by atoms with Gasteiger partial charge in [0.1, 0.15) is 16.7 Å². The van der Waals surface area contributed by atoms with Crippen LogP contribution in [0.1, 0.15) is 33.5 Å². The van der Waals surface area contributed by atoms with Crippen molar-refractivity contribution in [2.45, 2.75) is 38.5 Å². The first-order chi connectivity index (χ1) is 11.9. The van der Waals surface area contributed by atoms with Gasteiger partial charge in [0.05, 0.1) is 5.56 Å². The summed E-state index contributed by atoms with van der Waals surface area (Å²) in [7, 11) is 0. The van der Waals surface area contributed by atoms with Gasteiger partial charge in [-0.1, -0.05) is 12.1 Å². The van der Waals surface area contributed by atoms with E-state index in [0.29, 0.717) is 21.9 Å². The lowest BCUT2D eigenvalue weighted by atomic mass is 10.0. The Balaban J connectivity index is 2.05. The topological polar surface area (TPSA) is 66.9 Å². The zero-order valence-electron chi connectivity index (χ0n) is 14.6. The Hall–Kier alpha value is -2.58. The minimum absolute atomic E-state index is 0.356. The molecular formula is C20H18N2O2S. The van der Waals surface area contributed by atoms with Gasteiger partial charge >= 0.3 is 5.63 Å². The van der Waals surface area contributed by atoms with Gasteiger partial charge in [0.2, 0.25) is 0 Å². The fraction of sp³-hybridized carbons (Fsp3) is 0.250. The van der Waals surface area contributed by atoms with Crippen molar-refractivity contribution in [3.8, 4) is 6.07 Å². The van der Waals surface area contributed by atoms with Gasteiger partial charge in [0.25, 0.3) is 0 Å². The predicted octanol–water partition coefficient (Wildman–Crippen LogP) is 4.59. The molecule has 2 aromatic heterocycles. The molecule has 0 aliphatic heterocycles. The van der Waals surface area contributed by atoms with Crippen LogP contribution in [0.3, 0.4) is 0 Å². The second-order valence-electron chi connectivity index (χ2n) is 6.14. The third-order valence-corrected chi connectivity index (χ3v) is 5.33. The lowest BCUT2D eigenvalue weighted by Gasteiger charge is -2.10. The van der Waals surface area contributed by atoms with E-state index >= 15 is 0 Å². The van der Waals surface area contributed by atoms with Crippen molar-refractivity contribution in [3.05, 3.63) is 68.2 Å². The third-order valence-electron chi connectivity index (χ3n) is 4.31. The molecule has 0 fully saturated rings. The lowest BCUT2D eigenvalue weighted by molar-refractivity contribution is 0.557. The SMILES string of the molecule is Cc1cc(C)c(C#N)c(SCc2cc(=O)oc3c(C)c(C)ccc23)n1. The fourth-order valence-corrected chi connectivity index (χ4v) is 3.92. The standard InChI is InChI=1S/C20H18N2O2S/c1-11-5-6-16-15(8-18(23)24-19(16)14(11)4)10-25-20-17(9-21)12(2)7-13(3)22-20/h5-8H,10H2,1-4H3. The Morgan fingerprint density at radius 1 is 1.16 bits per heavy atom. The van der Waals surface area contributed by atoms with E-state index in [9.17, 15) is 10.1 Å². The highest BCUT2D eigenvalue weighted by molar-refractivity contribution is 7.98. The summed E-state index contributed by atoms with van der Waals surface area (Å²) in [6.07, 6.45) is 0. The van der Waals surface area contributed by atoms with Crippen LogP contribution in [0.25, 0.3) is 11.0 Å². The Bertz CT molecular complexity index is 1080. The van der Waals surface area contributed by atoms with Crippen LogP contribution in [0.15, 0.2) is 38.5 Å². The van der Waals surface area contributed by atoms with Crippen molar-refractivity contribution >= 4 is 22.7 Å². The molecule has 0 aliphatic rings. The van der Waals surface area contributed by atoms with Crippen molar-refractivity contribution in [3.63, 3.8) is 0 Å². The van der Waals surface area contributed by atoms with Gasteiger partial charge in [0, 0.05) is 22.9 Å². The maximum atomic E-state index is 12.0. The second-order valence-corrected chi connectivity index (χ2v) is 7.10. The van der Waals surface area contributed by atoms with Crippen LogP contribution in [0.2, 0.25) is 0 Å². The molecule has 0 saturated heterocycles. The fourth-order valence-electron chi connectivity index (χ4n) is 2.83. The Kier molecular flexibility index (Phi) is 4.65. The molecule has 0 amide bonds. The molecule has 0 bridgehead atoms. The van der Waals surface area contributed by atoms with E-state index in [1.807, 2.05) is 45.9 Å². The van der Waals surface area contributed by atoms with Gasteiger partial charge in [0.15, 0.2) is 0 Å². The van der Waals surface area contributed by atoms with E-state index < -0.39 is 0 Å². The summed E-state index contributed by atoms with van der Waals surface area (Å²) >= 11 is 1.47. The number of pyridine rings is 1. The van der Waals surface area contributed by atoms with Gasteiger partial charge in [-0.3, -0.25) is 0 Å². The molecular weight excluding hydrogens is 332 g/mol. The third kappa shape index (κ3) is 3.31. The van der Waals surface area contributed by atoms with Crippen LogP contribution in [0, 0.1) is 39.0 Å². The molecule has 0 radical (unpaired) electrons. The highest BCUT2D eigenvalue weighted by Crippen LogP contribution is 2.30. The van der Waals surface area contributed by atoms with E-state index in [4.69, 9.17) is 4.42 Å². The van der Waals surface area contributed by atoms with E-state index in [1.165, 1.54) is 17.8 Å². The summed E-state index contributed by atoms with van der Waals surface area (Å²) in [6, 6.07) is 9.67. The molecule has 0 N–H and O–H groups in total. The number of aryl methyl sites for hydroxylation is 4. The molecule has 2 heterocycles. The van der Waals surface area contributed by atoms with Gasteiger partial charge in [-0.15, -0.1) is 11.8 Å². The predicted molar refractivity (Wildman–Crippen MR) is 99.9 cm³/mol. The molecule has 3 rings (SSSR count). The minimum Gasteiger partial charge on any atom is -0.422 e. The molecule has 1 aromatic carbocycles. The summed E-state index contributed by atoms with van der Waals surface area (Å²) < 4.78 is 5.42. The number of rotatable bonds is 3. The maximum absolute atomic E-state index is 12.0. The molecule has 126 valence electrons. The molecule has 4 nitrogen and oxygen atoms in total. The minimum atomic E-state index is -0.356. The first-order valence-electron chi connectivity index (χ1n) is 7.94. The second kappa shape index (κ2) is 6.73. The van der Waals surface area contributed by atoms with Crippen LogP contribution < -0.4 is 5.63 Å². The van der Waals surface area contributed by atoms with Crippen LogP contribution >= 0.6 is 11.8 Å². The molecule has 0 spiro atoms.